The molecular weight excluding hydrogens is 162 g/mol. The molecule has 1 aliphatic carbocycles. The lowest BCUT2D eigenvalue weighted by Crippen LogP contribution is -2.00. The average Bonchev–Trinajstić information content (AvgIpc) is 2.90. The molecule has 0 atom stereocenters. The van der Waals surface area contributed by atoms with Crippen LogP contribution in [0.15, 0.2) is 18.2 Å². The molecular formula is C11H15NO. The third-order valence-corrected chi connectivity index (χ3v) is 2.38. The molecule has 0 amide bonds. The number of benzene rings is 1. The van der Waals surface area contributed by atoms with Crippen molar-refractivity contribution in [3.05, 3.63) is 23.8 Å². The highest BCUT2D eigenvalue weighted by Crippen LogP contribution is 2.30. The van der Waals surface area contributed by atoms with Gasteiger partial charge in [-0.2, -0.15) is 0 Å². The van der Waals surface area contributed by atoms with E-state index in [2.05, 4.69) is 0 Å². The summed E-state index contributed by atoms with van der Waals surface area (Å²) < 4.78 is 5.66. The van der Waals surface area contributed by atoms with Crippen molar-refractivity contribution >= 4 is 5.69 Å². The summed E-state index contributed by atoms with van der Waals surface area (Å²) >= 11 is 0. The first-order chi connectivity index (χ1) is 6.25. The Balaban J connectivity index is 2.03. The van der Waals surface area contributed by atoms with Crippen LogP contribution in [0.2, 0.25) is 0 Å². The van der Waals surface area contributed by atoms with Gasteiger partial charge in [0.05, 0.1) is 6.61 Å². The Labute approximate surface area is 78.7 Å². The van der Waals surface area contributed by atoms with Gasteiger partial charge in [0.2, 0.25) is 0 Å². The summed E-state index contributed by atoms with van der Waals surface area (Å²) in [6.07, 6.45) is 2.64. The van der Waals surface area contributed by atoms with E-state index in [0.717, 1.165) is 29.5 Å². The van der Waals surface area contributed by atoms with Crippen LogP contribution in [-0.2, 0) is 0 Å². The van der Waals surface area contributed by atoms with Crippen LogP contribution in [0.4, 0.5) is 5.69 Å². The summed E-state index contributed by atoms with van der Waals surface area (Å²) in [6, 6.07) is 5.80. The lowest BCUT2D eigenvalue weighted by Gasteiger charge is -2.08. The molecule has 0 bridgehead atoms. The first-order valence-electron chi connectivity index (χ1n) is 4.74. The molecule has 1 aromatic rings. The number of hydrogen-bond donors (Lipinski definition) is 1. The van der Waals surface area contributed by atoms with E-state index in [1.165, 1.54) is 12.8 Å². The molecule has 0 aromatic heterocycles. The Morgan fingerprint density at radius 1 is 1.46 bits per heavy atom. The minimum atomic E-state index is 0.774. The molecule has 0 radical (unpaired) electrons. The minimum Gasteiger partial charge on any atom is -0.493 e. The molecule has 0 saturated heterocycles. The Hall–Kier alpha value is -1.18. The van der Waals surface area contributed by atoms with Gasteiger partial charge in [0.15, 0.2) is 0 Å². The highest BCUT2D eigenvalue weighted by molar-refractivity contribution is 5.47. The summed E-state index contributed by atoms with van der Waals surface area (Å²) in [4.78, 5) is 0. The van der Waals surface area contributed by atoms with Crippen LogP contribution < -0.4 is 10.5 Å². The molecule has 0 unspecified atom stereocenters. The van der Waals surface area contributed by atoms with Crippen molar-refractivity contribution in [3.63, 3.8) is 0 Å². The second kappa shape index (κ2) is 3.29. The number of nitrogens with two attached hydrogens (primary N) is 1. The van der Waals surface area contributed by atoms with Crippen molar-refractivity contribution in [1.82, 2.24) is 0 Å². The van der Waals surface area contributed by atoms with Crippen molar-refractivity contribution in [1.29, 1.82) is 0 Å². The van der Waals surface area contributed by atoms with Gasteiger partial charge in [-0.25, -0.2) is 0 Å². The predicted molar refractivity (Wildman–Crippen MR) is 53.8 cm³/mol. The normalized spacial score (nSPS) is 15.8. The van der Waals surface area contributed by atoms with Crippen LogP contribution in [0.3, 0.4) is 0 Å². The van der Waals surface area contributed by atoms with E-state index in [4.69, 9.17) is 10.5 Å². The summed E-state index contributed by atoms with van der Waals surface area (Å²) in [5.74, 6) is 1.73. The molecule has 2 N–H and O–H groups in total. The van der Waals surface area contributed by atoms with Crippen molar-refractivity contribution in [2.45, 2.75) is 19.8 Å². The second-order valence-electron chi connectivity index (χ2n) is 3.78. The zero-order valence-electron chi connectivity index (χ0n) is 7.92. The van der Waals surface area contributed by atoms with Crippen molar-refractivity contribution < 1.29 is 4.74 Å². The first-order valence-corrected chi connectivity index (χ1v) is 4.74. The highest BCUT2D eigenvalue weighted by atomic mass is 16.5. The lowest BCUT2D eigenvalue weighted by molar-refractivity contribution is 0.298. The lowest BCUT2D eigenvalue weighted by atomic mass is 10.2. The monoisotopic (exact) mass is 177 g/mol. The third-order valence-electron chi connectivity index (χ3n) is 2.38. The zero-order valence-corrected chi connectivity index (χ0v) is 7.92. The quantitative estimate of drug-likeness (QED) is 0.719. The molecule has 2 nitrogen and oxygen atoms in total. The molecule has 2 heteroatoms. The molecule has 0 spiro atoms. The molecule has 1 aliphatic rings. The molecule has 1 saturated carbocycles. The SMILES string of the molecule is Cc1ccc(N)cc1OCC1CC1. The zero-order chi connectivity index (χ0) is 9.26. The number of ether oxygens (including phenoxy) is 1. The van der Waals surface area contributed by atoms with Crippen LogP contribution >= 0.6 is 0 Å². The van der Waals surface area contributed by atoms with Crippen molar-refractivity contribution in [2.24, 2.45) is 5.92 Å². The molecule has 70 valence electrons. The topological polar surface area (TPSA) is 35.2 Å². The largest absolute Gasteiger partial charge is 0.493 e. The Morgan fingerprint density at radius 3 is 2.92 bits per heavy atom. The maximum atomic E-state index is 5.67. The van der Waals surface area contributed by atoms with E-state index >= 15 is 0 Å². The van der Waals surface area contributed by atoms with Crippen molar-refractivity contribution in [2.75, 3.05) is 12.3 Å². The van der Waals surface area contributed by atoms with E-state index in [0.29, 0.717) is 0 Å². The smallest absolute Gasteiger partial charge is 0.124 e. The second-order valence-corrected chi connectivity index (χ2v) is 3.78. The van der Waals surface area contributed by atoms with Gasteiger partial charge in [0, 0.05) is 11.8 Å². The molecule has 0 heterocycles. The fourth-order valence-electron chi connectivity index (χ4n) is 1.26. The number of rotatable bonds is 3. The van der Waals surface area contributed by atoms with Gasteiger partial charge in [0.1, 0.15) is 5.75 Å². The van der Waals surface area contributed by atoms with Gasteiger partial charge in [-0.1, -0.05) is 6.07 Å². The average molecular weight is 177 g/mol. The van der Waals surface area contributed by atoms with Crippen LogP contribution in [0.1, 0.15) is 18.4 Å². The molecule has 2 rings (SSSR count). The van der Waals surface area contributed by atoms with E-state index in [1.807, 2.05) is 25.1 Å². The van der Waals surface area contributed by atoms with Gasteiger partial charge < -0.3 is 10.5 Å². The van der Waals surface area contributed by atoms with Gasteiger partial charge in [-0.3, -0.25) is 0 Å². The van der Waals surface area contributed by atoms with Gasteiger partial charge in [-0.05, 0) is 37.3 Å². The minimum absolute atomic E-state index is 0.774. The van der Waals surface area contributed by atoms with Gasteiger partial charge in [-0.15, -0.1) is 0 Å². The number of anilines is 1. The summed E-state index contributed by atoms with van der Waals surface area (Å²) in [5.41, 5.74) is 7.61. The van der Waals surface area contributed by atoms with E-state index in [-0.39, 0.29) is 0 Å². The van der Waals surface area contributed by atoms with Crippen LogP contribution in [0, 0.1) is 12.8 Å². The third kappa shape index (κ3) is 2.14. The summed E-state index contributed by atoms with van der Waals surface area (Å²) in [5, 5.41) is 0. The van der Waals surface area contributed by atoms with E-state index in [9.17, 15) is 0 Å². The molecule has 13 heavy (non-hydrogen) atoms. The maximum absolute atomic E-state index is 5.67. The van der Waals surface area contributed by atoms with Crippen LogP contribution in [0.25, 0.3) is 0 Å². The molecule has 0 aliphatic heterocycles. The first kappa shape index (κ1) is 8.42. The fourth-order valence-corrected chi connectivity index (χ4v) is 1.26. The van der Waals surface area contributed by atoms with Crippen LogP contribution in [-0.4, -0.2) is 6.61 Å². The number of hydrogen-bond acceptors (Lipinski definition) is 2. The van der Waals surface area contributed by atoms with E-state index < -0.39 is 0 Å². The molecule has 1 fully saturated rings. The van der Waals surface area contributed by atoms with Crippen LogP contribution in [0.5, 0.6) is 5.75 Å². The predicted octanol–water partition coefficient (Wildman–Crippen LogP) is 2.37. The van der Waals surface area contributed by atoms with Gasteiger partial charge in [0.25, 0.3) is 0 Å². The number of aryl methyl sites for hydroxylation is 1. The maximum Gasteiger partial charge on any atom is 0.124 e. The Morgan fingerprint density at radius 2 is 2.23 bits per heavy atom. The highest BCUT2D eigenvalue weighted by Gasteiger charge is 2.22. The Bertz CT molecular complexity index is 305. The van der Waals surface area contributed by atoms with Gasteiger partial charge >= 0.3 is 0 Å². The van der Waals surface area contributed by atoms with E-state index in [1.54, 1.807) is 0 Å². The van der Waals surface area contributed by atoms with Crippen molar-refractivity contribution in [3.8, 4) is 5.75 Å². The Kier molecular flexibility index (Phi) is 2.13. The summed E-state index contributed by atoms with van der Waals surface area (Å²) in [7, 11) is 0. The number of nitrogen functional groups attached to an aromatic ring is 1. The fraction of sp³-hybridized carbons (Fsp3) is 0.455. The summed E-state index contributed by atoms with van der Waals surface area (Å²) in [6.45, 7) is 2.89. The molecule has 1 aromatic carbocycles. The standard InChI is InChI=1S/C11H15NO/c1-8-2-5-10(12)6-11(8)13-7-9-3-4-9/h2,5-6,9H,3-4,7,12H2,1H3.